The van der Waals surface area contributed by atoms with Gasteiger partial charge in [-0.1, -0.05) is 6.92 Å². The standard InChI is InChI=1S/C14H17N7O2/c1-14(7-23-8-14)6-21-13-9(4-16-21)15-5-11(18-13)17-10-3-12(22-2)20-19-10/h3-5H,6-8H2,1-2H3,(H2,17,18,19,20). The highest BCUT2D eigenvalue weighted by atomic mass is 16.5. The Kier molecular flexibility index (Phi) is 3.15. The van der Waals surface area contributed by atoms with Crippen LogP contribution in [-0.4, -0.2) is 50.3 Å². The highest BCUT2D eigenvalue weighted by Gasteiger charge is 2.34. The number of nitrogens with one attached hydrogen (secondary N) is 2. The zero-order valence-corrected chi connectivity index (χ0v) is 12.9. The maximum absolute atomic E-state index is 5.30. The first-order valence-corrected chi connectivity index (χ1v) is 7.28. The number of anilines is 2. The van der Waals surface area contributed by atoms with Gasteiger partial charge in [0.25, 0.3) is 0 Å². The molecule has 4 rings (SSSR count). The van der Waals surface area contributed by atoms with Gasteiger partial charge in [-0.2, -0.15) is 5.10 Å². The van der Waals surface area contributed by atoms with Crippen molar-refractivity contribution in [2.24, 2.45) is 5.41 Å². The van der Waals surface area contributed by atoms with E-state index < -0.39 is 0 Å². The van der Waals surface area contributed by atoms with Gasteiger partial charge >= 0.3 is 0 Å². The highest BCUT2D eigenvalue weighted by Crippen LogP contribution is 2.29. The molecule has 0 radical (unpaired) electrons. The SMILES string of the molecule is COc1cc(Nc2cnc3cnn(CC4(C)COC4)c3n2)[nH]n1. The molecular weight excluding hydrogens is 298 g/mol. The van der Waals surface area contributed by atoms with Gasteiger partial charge in [0.05, 0.1) is 39.3 Å². The van der Waals surface area contributed by atoms with Gasteiger partial charge in [0.15, 0.2) is 11.5 Å². The quantitative estimate of drug-likeness (QED) is 0.732. The van der Waals surface area contributed by atoms with Crippen LogP contribution in [0.1, 0.15) is 6.92 Å². The summed E-state index contributed by atoms with van der Waals surface area (Å²) in [5, 5.41) is 14.3. The van der Waals surface area contributed by atoms with Gasteiger partial charge in [0.2, 0.25) is 5.88 Å². The van der Waals surface area contributed by atoms with E-state index in [1.165, 1.54) is 0 Å². The molecule has 0 unspecified atom stereocenters. The second-order valence-corrected chi connectivity index (χ2v) is 6.02. The van der Waals surface area contributed by atoms with E-state index in [1.54, 1.807) is 25.6 Å². The minimum absolute atomic E-state index is 0.112. The first-order valence-electron chi connectivity index (χ1n) is 7.28. The van der Waals surface area contributed by atoms with E-state index >= 15 is 0 Å². The average Bonchev–Trinajstić information content (AvgIpc) is 3.13. The summed E-state index contributed by atoms with van der Waals surface area (Å²) in [7, 11) is 1.56. The van der Waals surface area contributed by atoms with Gasteiger partial charge in [0.1, 0.15) is 11.3 Å². The van der Waals surface area contributed by atoms with Crippen LogP contribution in [0.15, 0.2) is 18.5 Å². The summed E-state index contributed by atoms with van der Waals surface area (Å²) in [6, 6.07) is 1.75. The van der Waals surface area contributed by atoms with E-state index in [0.717, 1.165) is 30.9 Å². The van der Waals surface area contributed by atoms with E-state index in [9.17, 15) is 0 Å². The van der Waals surface area contributed by atoms with Gasteiger partial charge in [0, 0.05) is 11.5 Å². The molecule has 0 bridgehead atoms. The van der Waals surface area contributed by atoms with Crippen molar-refractivity contribution in [2.75, 3.05) is 25.6 Å². The lowest BCUT2D eigenvalue weighted by Crippen LogP contribution is -2.43. The van der Waals surface area contributed by atoms with E-state index in [4.69, 9.17) is 9.47 Å². The van der Waals surface area contributed by atoms with Gasteiger partial charge < -0.3 is 14.8 Å². The lowest BCUT2D eigenvalue weighted by molar-refractivity contribution is -0.111. The number of fused-ring (bicyclic) bond motifs is 1. The first-order chi connectivity index (χ1) is 11.1. The molecule has 4 heterocycles. The smallest absolute Gasteiger partial charge is 0.234 e. The van der Waals surface area contributed by atoms with Gasteiger partial charge in [-0.3, -0.25) is 5.10 Å². The number of aromatic nitrogens is 6. The summed E-state index contributed by atoms with van der Waals surface area (Å²) >= 11 is 0. The molecule has 0 aromatic carbocycles. The zero-order chi connectivity index (χ0) is 15.9. The summed E-state index contributed by atoms with van der Waals surface area (Å²) < 4.78 is 12.2. The Balaban J connectivity index is 1.61. The molecule has 3 aromatic heterocycles. The van der Waals surface area contributed by atoms with Crippen molar-refractivity contribution < 1.29 is 9.47 Å². The third-order valence-corrected chi connectivity index (χ3v) is 3.80. The van der Waals surface area contributed by atoms with Crippen LogP contribution in [0.25, 0.3) is 11.2 Å². The molecule has 0 aliphatic carbocycles. The van der Waals surface area contributed by atoms with Crippen LogP contribution in [-0.2, 0) is 11.3 Å². The minimum Gasteiger partial charge on any atom is -0.480 e. The second kappa shape index (κ2) is 5.20. The van der Waals surface area contributed by atoms with Crippen LogP contribution in [0.4, 0.5) is 11.6 Å². The van der Waals surface area contributed by atoms with E-state index in [2.05, 4.69) is 37.5 Å². The normalized spacial score (nSPS) is 16.3. The topological polar surface area (TPSA) is 103 Å². The number of hydrogen-bond acceptors (Lipinski definition) is 7. The fourth-order valence-corrected chi connectivity index (χ4v) is 2.54. The monoisotopic (exact) mass is 315 g/mol. The molecule has 0 atom stereocenters. The van der Waals surface area contributed by atoms with Crippen LogP contribution in [0, 0.1) is 5.41 Å². The fraction of sp³-hybridized carbons (Fsp3) is 0.429. The lowest BCUT2D eigenvalue weighted by Gasteiger charge is -2.37. The molecule has 3 aromatic rings. The van der Waals surface area contributed by atoms with Crippen LogP contribution >= 0.6 is 0 Å². The lowest BCUT2D eigenvalue weighted by atomic mass is 9.89. The summed E-state index contributed by atoms with van der Waals surface area (Å²) in [6.07, 6.45) is 3.39. The summed E-state index contributed by atoms with van der Waals surface area (Å²) in [5.41, 5.74) is 1.62. The Bertz CT molecular complexity index is 837. The Hall–Kier alpha value is -2.68. The Morgan fingerprint density at radius 3 is 3.00 bits per heavy atom. The summed E-state index contributed by atoms with van der Waals surface area (Å²) in [4.78, 5) is 9.00. The Morgan fingerprint density at radius 1 is 1.43 bits per heavy atom. The third-order valence-electron chi connectivity index (χ3n) is 3.80. The zero-order valence-electron chi connectivity index (χ0n) is 12.9. The number of nitrogens with zero attached hydrogens (tertiary/aromatic N) is 5. The molecular formula is C14H17N7O2. The minimum atomic E-state index is 0.112. The predicted octanol–water partition coefficient (Wildman–Crippen LogP) is 1.34. The fourth-order valence-electron chi connectivity index (χ4n) is 2.54. The van der Waals surface area contributed by atoms with Crippen LogP contribution in [0.3, 0.4) is 0 Å². The molecule has 0 amide bonds. The van der Waals surface area contributed by atoms with Crippen molar-refractivity contribution in [3.63, 3.8) is 0 Å². The van der Waals surface area contributed by atoms with Gasteiger partial charge in [-0.05, 0) is 0 Å². The number of hydrogen-bond donors (Lipinski definition) is 2. The maximum atomic E-state index is 5.30. The van der Waals surface area contributed by atoms with Crippen molar-refractivity contribution in [3.05, 3.63) is 18.5 Å². The van der Waals surface area contributed by atoms with E-state index in [1.807, 2.05) is 4.68 Å². The van der Waals surface area contributed by atoms with E-state index in [-0.39, 0.29) is 5.41 Å². The molecule has 1 aliphatic rings. The average molecular weight is 315 g/mol. The van der Waals surface area contributed by atoms with E-state index in [0.29, 0.717) is 17.5 Å². The van der Waals surface area contributed by atoms with Crippen molar-refractivity contribution in [2.45, 2.75) is 13.5 Å². The molecule has 9 heteroatoms. The van der Waals surface area contributed by atoms with Crippen molar-refractivity contribution in [1.29, 1.82) is 0 Å². The molecule has 0 saturated carbocycles. The summed E-state index contributed by atoms with van der Waals surface area (Å²) in [6.45, 7) is 4.42. The second-order valence-electron chi connectivity index (χ2n) is 6.02. The van der Waals surface area contributed by atoms with Gasteiger partial charge in [-0.15, -0.1) is 5.10 Å². The largest absolute Gasteiger partial charge is 0.480 e. The Morgan fingerprint density at radius 2 is 2.30 bits per heavy atom. The highest BCUT2D eigenvalue weighted by molar-refractivity contribution is 5.71. The Labute approximate surface area is 132 Å². The number of aromatic amines is 1. The van der Waals surface area contributed by atoms with Crippen molar-refractivity contribution >= 4 is 22.8 Å². The molecule has 9 nitrogen and oxygen atoms in total. The first kappa shape index (κ1) is 13.9. The van der Waals surface area contributed by atoms with Gasteiger partial charge in [-0.25, -0.2) is 14.6 Å². The number of ether oxygens (including phenoxy) is 2. The molecule has 1 aliphatic heterocycles. The molecule has 2 N–H and O–H groups in total. The third kappa shape index (κ3) is 2.59. The van der Waals surface area contributed by atoms with Crippen LogP contribution < -0.4 is 10.1 Å². The van der Waals surface area contributed by atoms with Crippen LogP contribution in [0.2, 0.25) is 0 Å². The maximum Gasteiger partial charge on any atom is 0.234 e. The number of H-pyrrole nitrogens is 1. The molecule has 23 heavy (non-hydrogen) atoms. The molecule has 0 spiro atoms. The van der Waals surface area contributed by atoms with Crippen LogP contribution in [0.5, 0.6) is 5.88 Å². The molecule has 1 fully saturated rings. The molecule has 120 valence electrons. The molecule has 1 saturated heterocycles. The number of methoxy groups -OCH3 is 1. The summed E-state index contributed by atoms with van der Waals surface area (Å²) in [5.74, 6) is 1.80. The van der Waals surface area contributed by atoms with Crippen molar-refractivity contribution in [1.82, 2.24) is 29.9 Å². The van der Waals surface area contributed by atoms with Crippen molar-refractivity contribution in [3.8, 4) is 5.88 Å². The number of rotatable bonds is 5. The predicted molar refractivity (Wildman–Crippen MR) is 82.7 cm³/mol.